The van der Waals surface area contributed by atoms with Crippen molar-refractivity contribution in [2.24, 2.45) is 0 Å². The predicted molar refractivity (Wildman–Crippen MR) is 82.3 cm³/mol. The Labute approximate surface area is 119 Å². The lowest BCUT2D eigenvalue weighted by atomic mass is 10.0. The average Bonchev–Trinajstić information content (AvgIpc) is 2.93. The molecule has 0 aliphatic heterocycles. The molecule has 0 unspecified atom stereocenters. The third-order valence-electron chi connectivity index (χ3n) is 3.77. The van der Waals surface area contributed by atoms with Crippen LogP contribution in [0.1, 0.15) is 83.9 Å². The third-order valence-corrected chi connectivity index (χ3v) is 3.77. The average molecular weight is 265 g/mol. The maximum atomic E-state index is 5.48. The van der Waals surface area contributed by atoms with E-state index in [2.05, 4.69) is 32.2 Å². The molecule has 0 fully saturated rings. The van der Waals surface area contributed by atoms with Crippen molar-refractivity contribution in [1.29, 1.82) is 0 Å². The lowest BCUT2D eigenvalue weighted by Crippen LogP contribution is -2.31. The molecule has 19 heavy (non-hydrogen) atoms. The minimum Gasteiger partial charge on any atom is -0.468 e. The van der Waals surface area contributed by atoms with Crippen molar-refractivity contribution in [3.05, 3.63) is 24.2 Å². The molecule has 0 aliphatic carbocycles. The Bertz CT molecular complexity index is 284. The lowest BCUT2D eigenvalue weighted by molar-refractivity contribution is 0.349. The zero-order chi connectivity index (χ0) is 13.9. The summed E-state index contributed by atoms with van der Waals surface area (Å²) in [5.41, 5.74) is 0. The van der Waals surface area contributed by atoms with Gasteiger partial charge in [-0.05, 0) is 31.9 Å². The van der Waals surface area contributed by atoms with E-state index in [1.165, 1.54) is 51.4 Å². The van der Waals surface area contributed by atoms with Gasteiger partial charge in [0.25, 0.3) is 0 Å². The molecule has 1 heterocycles. The van der Waals surface area contributed by atoms with Gasteiger partial charge in [-0.25, -0.2) is 0 Å². The summed E-state index contributed by atoms with van der Waals surface area (Å²) in [6.45, 7) is 6.74. The molecule has 1 rings (SSSR count). The number of hydrogen-bond acceptors (Lipinski definition) is 2. The predicted octanol–water partition coefficient (Wildman–Crippen LogP) is 5.46. The quantitative estimate of drug-likeness (QED) is 0.537. The van der Waals surface area contributed by atoms with Gasteiger partial charge in [-0.2, -0.15) is 0 Å². The second kappa shape index (κ2) is 10.1. The normalized spacial score (nSPS) is 13.1. The van der Waals surface area contributed by atoms with E-state index in [4.69, 9.17) is 4.42 Å². The van der Waals surface area contributed by atoms with Crippen LogP contribution in [0.15, 0.2) is 22.8 Å². The van der Waals surface area contributed by atoms with E-state index >= 15 is 0 Å². The molecule has 1 aromatic heterocycles. The topological polar surface area (TPSA) is 25.2 Å². The highest BCUT2D eigenvalue weighted by atomic mass is 16.3. The summed E-state index contributed by atoms with van der Waals surface area (Å²) in [6.07, 6.45) is 12.3. The fourth-order valence-corrected chi connectivity index (χ4v) is 2.57. The summed E-state index contributed by atoms with van der Waals surface area (Å²) >= 11 is 0. The molecule has 0 radical (unpaired) electrons. The Morgan fingerprint density at radius 1 is 1.05 bits per heavy atom. The van der Waals surface area contributed by atoms with Crippen LogP contribution in [0.2, 0.25) is 0 Å². The van der Waals surface area contributed by atoms with Crippen LogP contribution in [0.5, 0.6) is 0 Å². The highest BCUT2D eigenvalue weighted by Gasteiger charge is 2.14. The monoisotopic (exact) mass is 265 g/mol. The molecule has 0 aliphatic rings. The molecule has 1 N–H and O–H groups in total. The SMILES string of the molecule is CCCCCC(CCCCC)N[C@@H](C)c1ccco1. The molecule has 0 saturated carbocycles. The van der Waals surface area contributed by atoms with Crippen LogP contribution in [-0.4, -0.2) is 6.04 Å². The van der Waals surface area contributed by atoms with Gasteiger partial charge in [-0.15, -0.1) is 0 Å². The second-order valence-corrected chi connectivity index (χ2v) is 5.59. The van der Waals surface area contributed by atoms with Crippen LogP contribution in [0.25, 0.3) is 0 Å². The summed E-state index contributed by atoms with van der Waals surface area (Å²) in [5, 5.41) is 3.74. The summed E-state index contributed by atoms with van der Waals surface area (Å²) < 4.78 is 5.48. The van der Waals surface area contributed by atoms with E-state index in [1.807, 2.05) is 6.07 Å². The van der Waals surface area contributed by atoms with Gasteiger partial charge in [-0.3, -0.25) is 0 Å². The van der Waals surface area contributed by atoms with Crippen molar-refractivity contribution in [2.45, 2.75) is 84.2 Å². The Kier molecular flexibility index (Phi) is 8.64. The third kappa shape index (κ3) is 6.81. The lowest BCUT2D eigenvalue weighted by Gasteiger charge is -2.22. The van der Waals surface area contributed by atoms with E-state index in [-0.39, 0.29) is 0 Å². The maximum absolute atomic E-state index is 5.48. The number of hydrogen-bond donors (Lipinski definition) is 1. The van der Waals surface area contributed by atoms with Crippen LogP contribution < -0.4 is 5.32 Å². The highest BCUT2D eigenvalue weighted by Crippen LogP contribution is 2.18. The molecule has 0 amide bonds. The molecule has 1 aromatic rings. The van der Waals surface area contributed by atoms with Crippen molar-refractivity contribution in [3.8, 4) is 0 Å². The largest absolute Gasteiger partial charge is 0.468 e. The molecular formula is C17H31NO. The molecule has 0 saturated heterocycles. The molecule has 110 valence electrons. The summed E-state index contributed by atoms with van der Waals surface area (Å²) in [7, 11) is 0. The fourth-order valence-electron chi connectivity index (χ4n) is 2.57. The Morgan fingerprint density at radius 3 is 2.16 bits per heavy atom. The zero-order valence-electron chi connectivity index (χ0n) is 13.0. The highest BCUT2D eigenvalue weighted by molar-refractivity contribution is 5.03. The Hall–Kier alpha value is -0.760. The van der Waals surface area contributed by atoms with E-state index in [9.17, 15) is 0 Å². The summed E-state index contributed by atoms with van der Waals surface area (Å²) in [5.74, 6) is 1.05. The Morgan fingerprint density at radius 2 is 1.68 bits per heavy atom. The first kappa shape index (κ1) is 16.3. The van der Waals surface area contributed by atoms with Gasteiger partial charge in [0.05, 0.1) is 12.3 Å². The van der Waals surface area contributed by atoms with E-state index in [1.54, 1.807) is 6.26 Å². The standard InChI is InChI=1S/C17H31NO/c1-4-6-8-11-16(12-9-7-5-2)18-15(3)17-13-10-14-19-17/h10,13-16,18H,4-9,11-12H2,1-3H3/t15-/m0/s1. The van der Waals surface area contributed by atoms with E-state index < -0.39 is 0 Å². The first-order chi connectivity index (χ1) is 9.27. The van der Waals surface area contributed by atoms with E-state index in [0.29, 0.717) is 12.1 Å². The molecule has 2 nitrogen and oxygen atoms in total. The fraction of sp³-hybridized carbons (Fsp3) is 0.765. The van der Waals surface area contributed by atoms with Crippen molar-refractivity contribution in [3.63, 3.8) is 0 Å². The van der Waals surface area contributed by atoms with Crippen molar-refractivity contribution in [1.82, 2.24) is 5.32 Å². The molecular weight excluding hydrogens is 234 g/mol. The van der Waals surface area contributed by atoms with Crippen LogP contribution in [-0.2, 0) is 0 Å². The van der Waals surface area contributed by atoms with Gasteiger partial charge >= 0.3 is 0 Å². The first-order valence-electron chi connectivity index (χ1n) is 8.07. The van der Waals surface area contributed by atoms with Gasteiger partial charge in [0.2, 0.25) is 0 Å². The van der Waals surface area contributed by atoms with Crippen LogP contribution in [0.3, 0.4) is 0 Å². The molecule has 1 atom stereocenters. The molecule has 2 heteroatoms. The minimum absolute atomic E-state index is 0.322. The van der Waals surface area contributed by atoms with Gasteiger partial charge in [-0.1, -0.05) is 52.4 Å². The number of unbranched alkanes of at least 4 members (excludes halogenated alkanes) is 4. The summed E-state index contributed by atoms with van der Waals surface area (Å²) in [4.78, 5) is 0. The molecule has 0 spiro atoms. The minimum atomic E-state index is 0.322. The van der Waals surface area contributed by atoms with Crippen LogP contribution in [0, 0.1) is 0 Å². The van der Waals surface area contributed by atoms with Gasteiger partial charge in [0.1, 0.15) is 5.76 Å². The smallest absolute Gasteiger partial charge is 0.120 e. The second-order valence-electron chi connectivity index (χ2n) is 5.59. The molecule has 0 bridgehead atoms. The van der Waals surface area contributed by atoms with Gasteiger partial charge in [0.15, 0.2) is 0 Å². The van der Waals surface area contributed by atoms with Gasteiger partial charge in [0, 0.05) is 6.04 Å². The van der Waals surface area contributed by atoms with Crippen molar-refractivity contribution < 1.29 is 4.42 Å². The number of rotatable bonds is 11. The van der Waals surface area contributed by atoms with Crippen molar-refractivity contribution >= 4 is 0 Å². The maximum Gasteiger partial charge on any atom is 0.120 e. The van der Waals surface area contributed by atoms with Gasteiger partial charge < -0.3 is 9.73 Å². The van der Waals surface area contributed by atoms with E-state index in [0.717, 1.165) is 5.76 Å². The first-order valence-corrected chi connectivity index (χ1v) is 8.07. The van der Waals surface area contributed by atoms with Crippen LogP contribution >= 0.6 is 0 Å². The summed E-state index contributed by atoms with van der Waals surface area (Å²) in [6, 6.07) is 4.99. The number of nitrogens with one attached hydrogen (secondary N) is 1. The number of furan rings is 1. The molecule has 0 aromatic carbocycles. The van der Waals surface area contributed by atoms with Crippen LogP contribution in [0.4, 0.5) is 0 Å². The van der Waals surface area contributed by atoms with Crippen molar-refractivity contribution in [2.75, 3.05) is 0 Å². The zero-order valence-corrected chi connectivity index (χ0v) is 13.0. The Balaban J connectivity index is 2.37.